The lowest BCUT2D eigenvalue weighted by molar-refractivity contribution is -0.143. The molecule has 522 valence electrons. The number of aliphatic hydroxyl groups is 2. The molecule has 2 unspecified atom stereocenters. The minimum atomic E-state index is -0.660. The third-order valence-electron chi connectivity index (χ3n) is 19.2. The summed E-state index contributed by atoms with van der Waals surface area (Å²) in [7, 11) is 0. The van der Waals surface area contributed by atoms with Crippen molar-refractivity contribution in [3.63, 3.8) is 0 Å². The highest BCUT2D eigenvalue weighted by Crippen LogP contribution is 2.20. The van der Waals surface area contributed by atoms with Crippen molar-refractivity contribution >= 4 is 11.9 Å². The molecule has 3 N–H and O–H groups in total. The first kappa shape index (κ1) is 86.3. The number of esters is 1. The number of aliphatic hydroxyl groups excluding tert-OH is 2. The van der Waals surface area contributed by atoms with E-state index in [1.165, 1.54) is 392 Å². The normalized spacial score (nSPS) is 12.5. The van der Waals surface area contributed by atoms with Crippen LogP contribution in [0.15, 0.2) is 24.3 Å². The molecule has 0 aromatic carbocycles. The molecule has 2 atom stereocenters. The van der Waals surface area contributed by atoms with Crippen molar-refractivity contribution in [1.29, 1.82) is 0 Å². The zero-order chi connectivity index (χ0) is 63.5. The van der Waals surface area contributed by atoms with Crippen LogP contribution >= 0.6 is 0 Å². The maximum absolute atomic E-state index is 12.5. The van der Waals surface area contributed by atoms with E-state index in [4.69, 9.17) is 4.74 Å². The summed E-state index contributed by atoms with van der Waals surface area (Å²) >= 11 is 0. The van der Waals surface area contributed by atoms with E-state index in [1.807, 2.05) is 0 Å². The molecule has 0 saturated carbocycles. The monoisotopic (exact) mass is 1240 g/mol. The van der Waals surface area contributed by atoms with Crippen molar-refractivity contribution in [1.82, 2.24) is 5.32 Å². The number of allylic oxidation sites excluding steroid dienone is 4. The van der Waals surface area contributed by atoms with Gasteiger partial charge in [0.25, 0.3) is 0 Å². The maximum atomic E-state index is 12.5. The van der Waals surface area contributed by atoms with E-state index in [0.717, 1.165) is 38.5 Å². The first-order chi connectivity index (χ1) is 43.5. The number of hydrogen-bond acceptors (Lipinski definition) is 5. The average Bonchev–Trinajstić information content (AvgIpc) is 3.54. The Bertz CT molecular complexity index is 1380. The fourth-order valence-electron chi connectivity index (χ4n) is 13.0. The number of rotatable bonds is 77. The predicted molar refractivity (Wildman–Crippen MR) is 389 cm³/mol. The molecule has 0 spiro atoms. The second kappa shape index (κ2) is 77.8. The lowest BCUT2D eigenvalue weighted by Crippen LogP contribution is -2.45. The van der Waals surface area contributed by atoms with Crippen LogP contribution in [0.5, 0.6) is 0 Å². The zero-order valence-corrected chi connectivity index (χ0v) is 60.0. The van der Waals surface area contributed by atoms with Crippen LogP contribution in [-0.2, 0) is 14.3 Å². The molecule has 1 amide bonds. The summed E-state index contributed by atoms with van der Waals surface area (Å²) in [5.41, 5.74) is 0. The van der Waals surface area contributed by atoms with Gasteiger partial charge in [0.2, 0.25) is 5.91 Å². The van der Waals surface area contributed by atoms with Crippen LogP contribution in [0.4, 0.5) is 0 Å². The second-order valence-corrected chi connectivity index (χ2v) is 28.1. The molecule has 6 heteroatoms. The highest BCUT2D eigenvalue weighted by Gasteiger charge is 2.20. The van der Waals surface area contributed by atoms with E-state index in [2.05, 4.69) is 43.5 Å². The summed E-state index contributed by atoms with van der Waals surface area (Å²) in [5.74, 6) is -0.00487. The highest BCUT2D eigenvalue weighted by atomic mass is 16.5. The number of carbonyl (C=O) groups is 2. The quantitative estimate of drug-likeness (QED) is 0.0320. The third kappa shape index (κ3) is 73.4. The molecule has 0 aliphatic carbocycles. The van der Waals surface area contributed by atoms with Gasteiger partial charge in [-0.15, -0.1) is 0 Å². The molecule has 0 bridgehead atoms. The van der Waals surface area contributed by atoms with Gasteiger partial charge >= 0.3 is 5.97 Å². The van der Waals surface area contributed by atoms with Crippen LogP contribution in [0.1, 0.15) is 463 Å². The molecule has 0 radical (unpaired) electrons. The van der Waals surface area contributed by atoms with Gasteiger partial charge in [0.1, 0.15) is 0 Å². The SMILES string of the molecule is CCCCCCCC/C=C\CCCCCCCCCCCC(=O)OCCCCCCCCCCCCCCCCCCCC/C=C\CCCCCCCCCCCCCCCCCCCC(=O)NC(CO)C(O)CCCCCCCCCCCCCCC. The van der Waals surface area contributed by atoms with E-state index < -0.39 is 12.1 Å². The first-order valence-electron chi connectivity index (χ1n) is 40.6. The van der Waals surface area contributed by atoms with E-state index >= 15 is 0 Å². The van der Waals surface area contributed by atoms with Crippen molar-refractivity contribution in [3.05, 3.63) is 24.3 Å². The van der Waals surface area contributed by atoms with Gasteiger partial charge in [-0.1, -0.05) is 398 Å². The Morgan fingerprint density at radius 3 is 0.807 bits per heavy atom. The minimum Gasteiger partial charge on any atom is -0.466 e. The smallest absolute Gasteiger partial charge is 0.305 e. The van der Waals surface area contributed by atoms with Crippen LogP contribution in [0.2, 0.25) is 0 Å². The molecule has 88 heavy (non-hydrogen) atoms. The van der Waals surface area contributed by atoms with E-state index in [0.29, 0.717) is 25.9 Å². The lowest BCUT2D eigenvalue weighted by atomic mass is 10.0. The summed E-state index contributed by atoms with van der Waals surface area (Å²) in [6.07, 6.45) is 100. The fourth-order valence-corrected chi connectivity index (χ4v) is 13.0. The average molecular weight is 1240 g/mol. The summed E-state index contributed by atoms with van der Waals surface area (Å²) in [6.45, 7) is 4.99. The van der Waals surface area contributed by atoms with Gasteiger partial charge in [0, 0.05) is 12.8 Å². The largest absolute Gasteiger partial charge is 0.466 e. The molecule has 0 rings (SSSR count). The Labute approximate surface area is 551 Å². The zero-order valence-electron chi connectivity index (χ0n) is 60.0. The van der Waals surface area contributed by atoms with Crippen molar-refractivity contribution in [2.75, 3.05) is 13.2 Å². The lowest BCUT2D eigenvalue weighted by Gasteiger charge is -2.22. The number of unbranched alkanes of at least 4 members (excludes halogenated alkanes) is 62. The van der Waals surface area contributed by atoms with Crippen molar-refractivity contribution in [2.45, 2.75) is 475 Å². The van der Waals surface area contributed by atoms with Crippen LogP contribution in [0, 0.1) is 0 Å². The molecule has 0 aliphatic heterocycles. The van der Waals surface area contributed by atoms with E-state index in [-0.39, 0.29) is 18.5 Å². The molecular weight excluding hydrogens is 1080 g/mol. The van der Waals surface area contributed by atoms with E-state index in [1.54, 1.807) is 0 Å². The summed E-state index contributed by atoms with van der Waals surface area (Å²) in [5, 5.41) is 23.3. The van der Waals surface area contributed by atoms with Crippen molar-refractivity contribution in [3.8, 4) is 0 Å². The summed E-state index contributed by atoms with van der Waals surface area (Å²) in [6, 6.07) is -0.537. The van der Waals surface area contributed by atoms with Crippen LogP contribution in [0.3, 0.4) is 0 Å². The topological polar surface area (TPSA) is 95.9 Å². The number of ether oxygens (including phenoxy) is 1. The molecule has 0 saturated heterocycles. The molecular formula is C82H159NO5. The van der Waals surface area contributed by atoms with Crippen LogP contribution < -0.4 is 5.32 Å². The van der Waals surface area contributed by atoms with Gasteiger partial charge < -0.3 is 20.3 Å². The van der Waals surface area contributed by atoms with Crippen molar-refractivity contribution < 1.29 is 24.5 Å². The Morgan fingerprint density at radius 1 is 0.307 bits per heavy atom. The Hall–Kier alpha value is -1.66. The molecule has 0 aliphatic rings. The van der Waals surface area contributed by atoms with Gasteiger partial charge in [-0.2, -0.15) is 0 Å². The van der Waals surface area contributed by atoms with Gasteiger partial charge in [0.05, 0.1) is 25.4 Å². The Balaban J connectivity index is 3.29. The van der Waals surface area contributed by atoms with Gasteiger partial charge in [-0.25, -0.2) is 0 Å². The summed E-state index contributed by atoms with van der Waals surface area (Å²) < 4.78 is 5.52. The molecule has 0 fully saturated rings. The molecule has 6 nitrogen and oxygen atoms in total. The molecule has 0 heterocycles. The molecule has 0 aromatic heterocycles. The molecule has 0 aromatic rings. The second-order valence-electron chi connectivity index (χ2n) is 28.1. The number of amides is 1. The van der Waals surface area contributed by atoms with Crippen molar-refractivity contribution in [2.24, 2.45) is 0 Å². The highest BCUT2D eigenvalue weighted by molar-refractivity contribution is 5.76. The first-order valence-corrected chi connectivity index (χ1v) is 40.6. The van der Waals surface area contributed by atoms with Crippen LogP contribution in [0.25, 0.3) is 0 Å². The number of carbonyl (C=O) groups excluding carboxylic acids is 2. The maximum Gasteiger partial charge on any atom is 0.305 e. The Morgan fingerprint density at radius 2 is 0.534 bits per heavy atom. The van der Waals surface area contributed by atoms with Gasteiger partial charge in [-0.3, -0.25) is 9.59 Å². The number of hydrogen-bond donors (Lipinski definition) is 3. The predicted octanol–water partition coefficient (Wildman–Crippen LogP) is 26.8. The number of nitrogens with one attached hydrogen (secondary N) is 1. The Kier molecular flexibility index (Phi) is 76.3. The van der Waals surface area contributed by atoms with E-state index in [9.17, 15) is 19.8 Å². The third-order valence-corrected chi connectivity index (χ3v) is 19.2. The standard InChI is InChI=1S/C82H159NO5/c1-3-5-7-9-11-13-15-17-18-19-41-45-48-52-56-60-64-68-72-76-82(87)88-77-73-69-65-61-57-53-49-46-43-40-38-36-34-32-30-28-26-24-22-20-21-23-25-27-29-31-33-35-37-39-42-44-47-51-55-59-63-67-71-75-81(86)83-79(78-84)80(85)74-70-66-62-58-54-50-16-14-12-10-8-6-4-2/h17-18,20-21,79-80,84-85H,3-16,19,22-78H2,1-2H3,(H,83,86)/b18-17-,21-20-. The fraction of sp³-hybridized carbons (Fsp3) is 0.927. The van der Waals surface area contributed by atoms with Gasteiger partial charge in [0.15, 0.2) is 0 Å². The van der Waals surface area contributed by atoms with Crippen LogP contribution in [-0.4, -0.2) is 47.4 Å². The summed E-state index contributed by atoms with van der Waals surface area (Å²) in [4.78, 5) is 24.6. The van der Waals surface area contributed by atoms with Gasteiger partial charge in [-0.05, 0) is 77.0 Å². The minimum absolute atomic E-state index is 0.0230.